The van der Waals surface area contributed by atoms with Crippen molar-refractivity contribution in [2.45, 2.75) is 51.4 Å². The van der Waals surface area contributed by atoms with E-state index in [4.69, 9.17) is 10.5 Å². The first-order valence-electron chi connectivity index (χ1n) is 9.24. The van der Waals surface area contributed by atoms with Crippen LogP contribution in [0.4, 0.5) is 4.39 Å². The molecular formula is C19H30FNO3S. The second-order valence-corrected chi connectivity index (χ2v) is 9.39. The average molecular weight is 372 g/mol. The van der Waals surface area contributed by atoms with Crippen LogP contribution in [0.1, 0.15) is 56.9 Å². The van der Waals surface area contributed by atoms with Crippen molar-refractivity contribution in [1.82, 2.24) is 0 Å². The maximum absolute atomic E-state index is 13.9. The van der Waals surface area contributed by atoms with Crippen LogP contribution in [0.25, 0.3) is 0 Å². The molecule has 142 valence electrons. The first kappa shape index (κ1) is 20.2. The number of nitrogens with two attached hydrogens (primary N) is 1. The summed E-state index contributed by atoms with van der Waals surface area (Å²) < 4.78 is 44.0. The van der Waals surface area contributed by atoms with E-state index in [1.807, 2.05) is 6.92 Å². The molecule has 2 rings (SSSR count). The van der Waals surface area contributed by atoms with Gasteiger partial charge in [0.25, 0.3) is 0 Å². The van der Waals surface area contributed by atoms with Crippen LogP contribution in [0.15, 0.2) is 18.2 Å². The topological polar surface area (TPSA) is 69.4 Å². The maximum atomic E-state index is 13.9. The van der Waals surface area contributed by atoms with Gasteiger partial charge in [0.2, 0.25) is 0 Å². The summed E-state index contributed by atoms with van der Waals surface area (Å²) in [5.74, 6) is 0.485. The molecule has 0 saturated heterocycles. The van der Waals surface area contributed by atoms with Gasteiger partial charge in [-0.3, -0.25) is 0 Å². The SMILES string of the molecule is C[C@@H](CS(=O)(=O)CCCCCCN)c1ccc(F)c(OCC2CC2)c1. The third kappa shape index (κ3) is 7.32. The van der Waals surface area contributed by atoms with Gasteiger partial charge >= 0.3 is 0 Å². The Labute approximate surface area is 150 Å². The van der Waals surface area contributed by atoms with E-state index < -0.39 is 9.84 Å². The van der Waals surface area contributed by atoms with Gasteiger partial charge in [-0.05, 0) is 61.8 Å². The number of unbranched alkanes of at least 4 members (excludes halogenated alkanes) is 3. The van der Waals surface area contributed by atoms with Crippen molar-refractivity contribution >= 4 is 9.84 Å². The minimum absolute atomic E-state index is 0.0809. The Hall–Kier alpha value is -1.14. The van der Waals surface area contributed by atoms with Crippen LogP contribution in [0.5, 0.6) is 5.75 Å². The predicted molar refractivity (Wildman–Crippen MR) is 99.2 cm³/mol. The lowest BCUT2D eigenvalue weighted by atomic mass is 10.0. The summed E-state index contributed by atoms with van der Waals surface area (Å²) in [5.41, 5.74) is 6.24. The molecule has 4 nitrogen and oxygen atoms in total. The lowest BCUT2D eigenvalue weighted by Gasteiger charge is -2.15. The van der Waals surface area contributed by atoms with Crippen LogP contribution in [-0.4, -0.2) is 33.1 Å². The summed E-state index contributed by atoms with van der Waals surface area (Å²) in [6.45, 7) is 3.05. The van der Waals surface area contributed by atoms with Crippen molar-refractivity contribution in [3.63, 3.8) is 0 Å². The molecule has 0 aliphatic heterocycles. The van der Waals surface area contributed by atoms with Crippen molar-refractivity contribution in [3.05, 3.63) is 29.6 Å². The minimum Gasteiger partial charge on any atom is -0.490 e. The van der Waals surface area contributed by atoms with Crippen molar-refractivity contribution < 1.29 is 17.5 Å². The molecule has 0 heterocycles. The molecule has 1 aliphatic carbocycles. The second-order valence-electron chi connectivity index (χ2n) is 7.16. The third-order valence-electron chi connectivity index (χ3n) is 4.61. The molecular weight excluding hydrogens is 341 g/mol. The molecule has 0 unspecified atom stereocenters. The highest BCUT2D eigenvalue weighted by Crippen LogP contribution is 2.31. The van der Waals surface area contributed by atoms with Gasteiger partial charge in [0.1, 0.15) is 0 Å². The van der Waals surface area contributed by atoms with Crippen LogP contribution in [0.3, 0.4) is 0 Å². The standard InChI is InChI=1S/C19H30FNO3S/c1-15(14-25(22,23)11-5-3-2-4-10-21)17-8-9-18(20)19(12-17)24-13-16-6-7-16/h8-9,12,15-16H,2-7,10-11,13-14,21H2,1H3/t15-/m0/s1. The van der Waals surface area contributed by atoms with Crippen LogP contribution in [0, 0.1) is 11.7 Å². The normalized spacial score (nSPS) is 16.0. The average Bonchev–Trinajstić information content (AvgIpc) is 3.37. The van der Waals surface area contributed by atoms with Gasteiger partial charge in [-0.15, -0.1) is 0 Å². The van der Waals surface area contributed by atoms with E-state index in [0.717, 1.165) is 37.7 Å². The molecule has 1 atom stereocenters. The van der Waals surface area contributed by atoms with Gasteiger partial charge in [-0.2, -0.15) is 0 Å². The van der Waals surface area contributed by atoms with E-state index in [9.17, 15) is 12.8 Å². The molecule has 0 radical (unpaired) electrons. The van der Waals surface area contributed by atoms with Crippen molar-refractivity contribution in [3.8, 4) is 5.75 Å². The molecule has 0 bridgehead atoms. The van der Waals surface area contributed by atoms with Gasteiger partial charge < -0.3 is 10.5 Å². The van der Waals surface area contributed by atoms with Crippen LogP contribution in [0.2, 0.25) is 0 Å². The lowest BCUT2D eigenvalue weighted by molar-refractivity contribution is 0.285. The second kappa shape index (κ2) is 9.53. The zero-order valence-electron chi connectivity index (χ0n) is 15.0. The van der Waals surface area contributed by atoms with E-state index in [1.165, 1.54) is 6.07 Å². The Balaban J connectivity index is 1.87. The largest absolute Gasteiger partial charge is 0.490 e. The molecule has 1 saturated carbocycles. The summed E-state index contributed by atoms with van der Waals surface area (Å²) in [4.78, 5) is 0. The van der Waals surface area contributed by atoms with E-state index >= 15 is 0 Å². The number of benzene rings is 1. The van der Waals surface area contributed by atoms with Gasteiger partial charge in [-0.1, -0.05) is 25.8 Å². The highest BCUT2D eigenvalue weighted by atomic mass is 32.2. The quantitative estimate of drug-likeness (QED) is 0.569. The fraction of sp³-hybridized carbons (Fsp3) is 0.684. The molecule has 6 heteroatoms. The van der Waals surface area contributed by atoms with Crippen LogP contribution >= 0.6 is 0 Å². The first-order valence-corrected chi connectivity index (χ1v) is 11.1. The Morgan fingerprint density at radius 2 is 1.96 bits per heavy atom. The Kier molecular flexibility index (Phi) is 7.69. The number of sulfone groups is 1. The number of halogens is 1. The van der Waals surface area contributed by atoms with Crippen molar-refractivity contribution in [1.29, 1.82) is 0 Å². The molecule has 0 amide bonds. The molecule has 0 aromatic heterocycles. The van der Waals surface area contributed by atoms with Gasteiger partial charge in [0.15, 0.2) is 21.4 Å². The number of rotatable bonds is 12. The van der Waals surface area contributed by atoms with E-state index in [2.05, 4.69) is 0 Å². The fourth-order valence-corrected chi connectivity index (χ4v) is 4.57. The summed E-state index contributed by atoms with van der Waals surface area (Å²) in [6, 6.07) is 4.67. The lowest BCUT2D eigenvalue weighted by Crippen LogP contribution is -2.16. The first-order chi connectivity index (χ1) is 11.9. The summed E-state index contributed by atoms with van der Waals surface area (Å²) in [5, 5.41) is 0. The molecule has 1 aromatic carbocycles. The third-order valence-corrected chi connectivity index (χ3v) is 6.53. The number of hydrogen-bond donors (Lipinski definition) is 1. The highest BCUT2D eigenvalue weighted by molar-refractivity contribution is 7.91. The van der Waals surface area contributed by atoms with Gasteiger partial charge in [0.05, 0.1) is 18.1 Å². The van der Waals surface area contributed by atoms with E-state index in [0.29, 0.717) is 25.5 Å². The van der Waals surface area contributed by atoms with Gasteiger partial charge in [-0.25, -0.2) is 12.8 Å². The van der Waals surface area contributed by atoms with Crippen LogP contribution in [-0.2, 0) is 9.84 Å². The number of hydrogen-bond acceptors (Lipinski definition) is 4. The number of ether oxygens (including phenoxy) is 1. The van der Waals surface area contributed by atoms with Crippen molar-refractivity contribution in [2.75, 3.05) is 24.7 Å². The smallest absolute Gasteiger partial charge is 0.165 e. The monoisotopic (exact) mass is 371 g/mol. The molecule has 1 aromatic rings. The predicted octanol–water partition coefficient (Wildman–Crippen LogP) is 3.65. The fourth-order valence-electron chi connectivity index (χ4n) is 2.81. The summed E-state index contributed by atoms with van der Waals surface area (Å²) in [7, 11) is -3.12. The Morgan fingerprint density at radius 1 is 1.24 bits per heavy atom. The van der Waals surface area contributed by atoms with Crippen LogP contribution < -0.4 is 10.5 Å². The summed E-state index contributed by atoms with van der Waals surface area (Å²) >= 11 is 0. The molecule has 1 aliphatic rings. The Morgan fingerprint density at radius 3 is 2.64 bits per heavy atom. The van der Waals surface area contributed by atoms with E-state index in [1.54, 1.807) is 12.1 Å². The molecule has 0 spiro atoms. The molecule has 2 N–H and O–H groups in total. The zero-order chi connectivity index (χ0) is 18.3. The summed E-state index contributed by atoms with van der Waals surface area (Å²) in [6.07, 6.45) is 5.76. The minimum atomic E-state index is -3.12. The van der Waals surface area contributed by atoms with Crippen molar-refractivity contribution in [2.24, 2.45) is 11.7 Å². The Bertz CT molecular complexity index is 644. The van der Waals surface area contributed by atoms with Gasteiger partial charge in [0, 0.05) is 0 Å². The molecule has 25 heavy (non-hydrogen) atoms. The zero-order valence-corrected chi connectivity index (χ0v) is 15.9. The van der Waals surface area contributed by atoms with E-state index in [-0.39, 0.29) is 29.0 Å². The molecule has 1 fully saturated rings. The highest BCUT2D eigenvalue weighted by Gasteiger charge is 2.23. The maximum Gasteiger partial charge on any atom is 0.165 e.